The zero-order valence-electron chi connectivity index (χ0n) is 18.8. The quantitative estimate of drug-likeness (QED) is 0.486. The molecule has 0 radical (unpaired) electrons. The van der Waals surface area contributed by atoms with E-state index in [-0.39, 0.29) is 11.9 Å². The van der Waals surface area contributed by atoms with Crippen LogP contribution in [0.3, 0.4) is 0 Å². The van der Waals surface area contributed by atoms with Crippen LogP contribution in [0.15, 0.2) is 72.8 Å². The highest BCUT2D eigenvalue weighted by Crippen LogP contribution is 2.33. The van der Waals surface area contributed by atoms with Crippen molar-refractivity contribution in [3.8, 4) is 17.6 Å². The summed E-state index contributed by atoms with van der Waals surface area (Å²) in [7, 11) is 1.58. The van der Waals surface area contributed by atoms with Crippen LogP contribution in [0.5, 0.6) is 11.5 Å². The Morgan fingerprint density at radius 1 is 0.939 bits per heavy atom. The number of piperazine rings is 1. The molecular formula is C27H28FN3O2. The van der Waals surface area contributed by atoms with Crippen molar-refractivity contribution in [1.82, 2.24) is 4.90 Å². The van der Waals surface area contributed by atoms with Crippen LogP contribution in [0.4, 0.5) is 10.1 Å². The number of nitrogens with zero attached hydrogens (tertiary/aromatic N) is 3. The molecule has 1 saturated heterocycles. The van der Waals surface area contributed by atoms with Crippen molar-refractivity contribution in [3.63, 3.8) is 0 Å². The molecule has 1 unspecified atom stereocenters. The molecule has 170 valence electrons. The van der Waals surface area contributed by atoms with Gasteiger partial charge in [0.1, 0.15) is 11.9 Å². The van der Waals surface area contributed by atoms with E-state index in [1.807, 2.05) is 30.3 Å². The van der Waals surface area contributed by atoms with Crippen LogP contribution in [0.2, 0.25) is 0 Å². The summed E-state index contributed by atoms with van der Waals surface area (Å²) in [6.07, 6.45) is 0.687. The monoisotopic (exact) mass is 445 g/mol. The van der Waals surface area contributed by atoms with Crippen LogP contribution in [0, 0.1) is 17.1 Å². The van der Waals surface area contributed by atoms with Crippen molar-refractivity contribution in [1.29, 1.82) is 5.26 Å². The zero-order valence-corrected chi connectivity index (χ0v) is 18.8. The minimum Gasteiger partial charge on any atom is -0.493 e. The summed E-state index contributed by atoms with van der Waals surface area (Å²) >= 11 is 0. The summed E-state index contributed by atoms with van der Waals surface area (Å²) in [4.78, 5) is 4.73. The smallest absolute Gasteiger partial charge is 0.162 e. The summed E-state index contributed by atoms with van der Waals surface area (Å²) < 4.78 is 25.1. The highest BCUT2D eigenvalue weighted by Gasteiger charge is 2.21. The Morgan fingerprint density at radius 2 is 1.67 bits per heavy atom. The molecule has 0 aromatic heterocycles. The highest BCUT2D eigenvalue weighted by atomic mass is 19.1. The van der Waals surface area contributed by atoms with Gasteiger partial charge in [0.15, 0.2) is 11.5 Å². The first-order valence-corrected chi connectivity index (χ1v) is 11.2. The lowest BCUT2D eigenvalue weighted by molar-refractivity contribution is 0.155. The Balaban J connectivity index is 1.40. The lowest BCUT2D eigenvalue weighted by Crippen LogP contribution is -2.46. The van der Waals surface area contributed by atoms with Gasteiger partial charge in [0.05, 0.1) is 18.7 Å². The summed E-state index contributed by atoms with van der Waals surface area (Å²) in [5.41, 5.74) is 2.71. The second-order valence-electron chi connectivity index (χ2n) is 8.09. The van der Waals surface area contributed by atoms with E-state index < -0.39 is 0 Å². The first-order chi connectivity index (χ1) is 16.2. The van der Waals surface area contributed by atoms with Crippen LogP contribution in [-0.2, 0) is 0 Å². The second kappa shape index (κ2) is 10.8. The Labute approximate surface area is 194 Å². The Kier molecular flexibility index (Phi) is 7.43. The Hall–Kier alpha value is -3.56. The molecular weight excluding hydrogens is 417 g/mol. The summed E-state index contributed by atoms with van der Waals surface area (Å²) in [5.74, 6) is 0.984. The molecule has 33 heavy (non-hydrogen) atoms. The van der Waals surface area contributed by atoms with Gasteiger partial charge in [-0.15, -0.1) is 0 Å². The van der Waals surface area contributed by atoms with Gasteiger partial charge in [0.25, 0.3) is 0 Å². The van der Waals surface area contributed by atoms with Gasteiger partial charge in [-0.25, -0.2) is 4.39 Å². The van der Waals surface area contributed by atoms with Crippen LogP contribution in [0.25, 0.3) is 0 Å². The molecule has 3 aromatic carbocycles. The molecule has 1 heterocycles. The third-order valence-electron chi connectivity index (χ3n) is 6.00. The van der Waals surface area contributed by atoms with Crippen LogP contribution in [0.1, 0.15) is 23.7 Å². The molecule has 1 fully saturated rings. The Bertz CT molecular complexity index is 1070. The average molecular weight is 446 g/mol. The molecule has 3 aromatic rings. The molecule has 0 N–H and O–H groups in total. The second-order valence-corrected chi connectivity index (χ2v) is 8.09. The minimum absolute atomic E-state index is 0.136. The maximum atomic E-state index is 13.2. The number of rotatable bonds is 8. The molecule has 1 aliphatic heterocycles. The van der Waals surface area contributed by atoms with Crippen molar-refractivity contribution in [2.24, 2.45) is 0 Å². The molecule has 0 bridgehead atoms. The molecule has 0 aliphatic carbocycles. The van der Waals surface area contributed by atoms with Gasteiger partial charge in [-0.05, 0) is 42.0 Å². The highest BCUT2D eigenvalue weighted by molar-refractivity contribution is 5.47. The normalized spacial score (nSPS) is 15.0. The van der Waals surface area contributed by atoms with Crippen molar-refractivity contribution >= 4 is 5.69 Å². The van der Waals surface area contributed by atoms with Crippen molar-refractivity contribution in [3.05, 3.63) is 89.7 Å². The van der Waals surface area contributed by atoms with E-state index in [9.17, 15) is 4.39 Å². The third-order valence-corrected chi connectivity index (χ3v) is 6.00. The summed E-state index contributed by atoms with van der Waals surface area (Å²) in [6, 6.07) is 24.3. The number of methoxy groups -OCH3 is 1. The first kappa shape index (κ1) is 22.6. The molecule has 5 nitrogen and oxygen atoms in total. The molecule has 0 spiro atoms. The lowest BCUT2D eigenvalue weighted by atomic mass is 10.1. The van der Waals surface area contributed by atoms with Gasteiger partial charge in [-0.1, -0.05) is 30.3 Å². The Morgan fingerprint density at radius 3 is 2.33 bits per heavy atom. The molecule has 4 rings (SSSR count). The average Bonchev–Trinajstić information content (AvgIpc) is 2.88. The molecule has 1 atom stereocenters. The number of halogens is 1. The van der Waals surface area contributed by atoms with Crippen LogP contribution >= 0.6 is 0 Å². The van der Waals surface area contributed by atoms with Gasteiger partial charge in [0, 0.05) is 50.9 Å². The van der Waals surface area contributed by atoms with Gasteiger partial charge in [0.2, 0.25) is 0 Å². The number of nitriles is 1. The summed E-state index contributed by atoms with van der Waals surface area (Å²) in [6.45, 7) is 4.60. The maximum Gasteiger partial charge on any atom is 0.162 e. The van der Waals surface area contributed by atoms with Crippen molar-refractivity contribution < 1.29 is 13.9 Å². The first-order valence-electron chi connectivity index (χ1n) is 11.2. The standard InChI is InChI=1S/C27H28FN3O2/c1-32-27-19-21(20-29)7-12-26(27)33-25(22-5-3-2-4-6-22)13-14-30-15-17-31(18-16-30)24-10-8-23(28)9-11-24/h2-12,19,25H,13-18H2,1H3. The van der Waals surface area contributed by atoms with E-state index in [1.165, 1.54) is 12.1 Å². The van der Waals surface area contributed by atoms with Gasteiger partial charge in [-0.2, -0.15) is 5.26 Å². The summed E-state index contributed by atoms with van der Waals surface area (Å²) in [5, 5.41) is 9.17. The molecule has 0 saturated carbocycles. The lowest BCUT2D eigenvalue weighted by Gasteiger charge is -2.36. The number of hydrogen-bond acceptors (Lipinski definition) is 5. The van der Waals surface area contributed by atoms with Gasteiger partial charge in [-0.3, -0.25) is 4.90 Å². The molecule has 1 aliphatic rings. The number of ether oxygens (including phenoxy) is 2. The predicted octanol–water partition coefficient (Wildman–Crippen LogP) is 5.04. The van der Waals surface area contributed by atoms with Gasteiger partial charge < -0.3 is 14.4 Å². The number of hydrogen-bond donors (Lipinski definition) is 0. The molecule has 0 amide bonds. The third kappa shape index (κ3) is 5.82. The topological polar surface area (TPSA) is 48.7 Å². The van der Waals surface area contributed by atoms with Crippen molar-refractivity contribution in [2.45, 2.75) is 12.5 Å². The fraction of sp³-hybridized carbons (Fsp3) is 0.296. The van der Waals surface area contributed by atoms with Gasteiger partial charge >= 0.3 is 0 Å². The molecule has 6 heteroatoms. The fourth-order valence-corrected chi connectivity index (χ4v) is 4.13. The van der Waals surface area contributed by atoms with E-state index in [4.69, 9.17) is 14.7 Å². The maximum absolute atomic E-state index is 13.2. The van der Waals surface area contributed by atoms with Crippen LogP contribution < -0.4 is 14.4 Å². The largest absolute Gasteiger partial charge is 0.493 e. The number of anilines is 1. The minimum atomic E-state index is -0.205. The zero-order chi connectivity index (χ0) is 23.0. The van der Waals surface area contributed by atoms with E-state index >= 15 is 0 Å². The SMILES string of the molecule is COc1cc(C#N)ccc1OC(CCN1CCN(c2ccc(F)cc2)CC1)c1ccccc1. The van der Waals surface area contributed by atoms with E-state index in [0.717, 1.165) is 50.4 Å². The van der Waals surface area contributed by atoms with E-state index in [1.54, 1.807) is 25.3 Å². The van der Waals surface area contributed by atoms with Crippen LogP contribution in [-0.4, -0.2) is 44.7 Å². The van der Waals surface area contributed by atoms with E-state index in [0.29, 0.717) is 17.1 Å². The van der Waals surface area contributed by atoms with E-state index in [2.05, 4.69) is 28.0 Å². The van der Waals surface area contributed by atoms with Crippen molar-refractivity contribution in [2.75, 3.05) is 44.7 Å². The predicted molar refractivity (Wildman–Crippen MR) is 127 cm³/mol. The number of benzene rings is 3. The fourth-order valence-electron chi connectivity index (χ4n) is 4.13.